The number of primary amides is 1. The van der Waals surface area contributed by atoms with E-state index in [1.165, 1.54) is 12.3 Å². The van der Waals surface area contributed by atoms with E-state index in [0.717, 1.165) is 17.7 Å². The molecule has 1 aliphatic carbocycles. The highest BCUT2D eigenvalue weighted by molar-refractivity contribution is 5.93. The monoisotopic (exact) mass is 531 g/mol. The number of aromatic nitrogens is 1. The number of nitrogen functional groups attached to an aromatic ring is 1. The summed E-state index contributed by atoms with van der Waals surface area (Å²) in [6, 6.07) is 9.35. The van der Waals surface area contributed by atoms with Crippen LogP contribution in [0.2, 0.25) is 0 Å². The second-order valence-electron chi connectivity index (χ2n) is 9.08. The number of benzene rings is 1. The van der Waals surface area contributed by atoms with E-state index in [4.69, 9.17) is 16.2 Å². The zero-order valence-corrected chi connectivity index (χ0v) is 20.6. The molecule has 202 valence electrons. The van der Waals surface area contributed by atoms with Crippen LogP contribution in [0.4, 0.5) is 18.9 Å². The Labute approximate surface area is 217 Å². The van der Waals surface area contributed by atoms with E-state index in [0.29, 0.717) is 37.7 Å². The molecule has 2 heterocycles. The summed E-state index contributed by atoms with van der Waals surface area (Å²) in [6.45, 7) is 3.46. The number of allylic oxidation sites excluding steroid dienone is 2. The third-order valence-electron chi connectivity index (χ3n) is 6.63. The molecule has 2 unspecified atom stereocenters. The first-order valence-corrected chi connectivity index (χ1v) is 11.9. The van der Waals surface area contributed by atoms with Gasteiger partial charge in [-0.3, -0.25) is 19.5 Å². The number of nitrogens with one attached hydrogen (secondary N) is 1. The van der Waals surface area contributed by atoms with Gasteiger partial charge < -0.3 is 26.3 Å². The molecule has 1 aromatic carbocycles. The molecule has 12 heteroatoms. The Morgan fingerprint density at radius 2 is 1.82 bits per heavy atom. The summed E-state index contributed by atoms with van der Waals surface area (Å²) >= 11 is 0. The molecule has 0 saturated carbocycles. The minimum Gasteiger partial charge on any atom is -0.407 e. The van der Waals surface area contributed by atoms with Crippen molar-refractivity contribution in [1.82, 2.24) is 15.2 Å². The summed E-state index contributed by atoms with van der Waals surface area (Å²) < 4.78 is 50.3. The van der Waals surface area contributed by atoms with Gasteiger partial charge in [-0.05, 0) is 31.2 Å². The number of carbonyl (C=O) groups is 2. The van der Waals surface area contributed by atoms with E-state index in [2.05, 4.69) is 15.0 Å². The molecule has 9 nitrogen and oxygen atoms in total. The highest BCUT2D eigenvalue weighted by Crippen LogP contribution is 2.42. The summed E-state index contributed by atoms with van der Waals surface area (Å²) in [6.07, 6.45) is -1.91. The summed E-state index contributed by atoms with van der Waals surface area (Å²) in [7, 11) is 0. The fourth-order valence-electron chi connectivity index (χ4n) is 4.50. The molecular formula is C26H28F3N5O4. The van der Waals surface area contributed by atoms with Crippen molar-refractivity contribution in [2.75, 3.05) is 32.0 Å². The molecule has 0 radical (unpaired) electrons. The van der Waals surface area contributed by atoms with Gasteiger partial charge >= 0.3 is 6.36 Å². The standard InChI is InChI=1S/C26H28F3N5O4/c1-16(34-10-12-37-13-11-34)24(36)33-25(14-18(23(31)35)4-9-22(25)38-26(27,28)29)19-5-8-21(32-15-19)17-2-6-20(30)7-3-17/h2-9,15-16H,10-14,30H2,1H3,(H2,31,35)(H,33,36). The van der Waals surface area contributed by atoms with Gasteiger partial charge in [0.2, 0.25) is 11.8 Å². The number of rotatable bonds is 7. The number of pyridine rings is 1. The maximum Gasteiger partial charge on any atom is 0.572 e. The van der Waals surface area contributed by atoms with Crippen LogP contribution in [0.25, 0.3) is 11.3 Å². The van der Waals surface area contributed by atoms with Gasteiger partial charge in [0, 0.05) is 48.1 Å². The van der Waals surface area contributed by atoms with Gasteiger partial charge in [-0.15, -0.1) is 13.2 Å². The summed E-state index contributed by atoms with van der Waals surface area (Å²) in [5.74, 6) is -2.00. The van der Waals surface area contributed by atoms with Gasteiger partial charge in [-0.1, -0.05) is 24.3 Å². The quantitative estimate of drug-likeness (QED) is 0.468. The zero-order valence-electron chi connectivity index (χ0n) is 20.6. The van der Waals surface area contributed by atoms with Crippen molar-refractivity contribution < 1.29 is 32.2 Å². The van der Waals surface area contributed by atoms with Crippen molar-refractivity contribution in [3.8, 4) is 11.3 Å². The Morgan fingerprint density at radius 3 is 2.39 bits per heavy atom. The molecule has 2 aliphatic rings. The van der Waals surface area contributed by atoms with Crippen LogP contribution in [0.3, 0.4) is 0 Å². The minimum atomic E-state index is -5.06. The molecule has 1 aliphatic heterocycles. The van der Waals surface area contributed by atoms with Crippen LogP contribution in [0, 0.1) is 0 Å². The Bertz CT molecular complexity index is 1240. The molecule has 2 atom stereocenters. The van der Waals surface area contributed by atoms with E-state index in [1.54, 1.807) is 37.3 Å². The van der Waals surface area contributed by atoms with Gasteiger partial charge in [0.05, 0.1) is 24.9 Å². The van der Waals surface area contributed by atoms with Crippen molar-refractivity contribution in [2.24, 2.45) is 5.73 Å². The number of halogens is 3. The Balaban J connectivity index is 1.77. The molecule has 1 fully saturated rings. The maximum atomic E-state index is 13.5. The van der Waals surface area contributed by atoms with Gasteiger partial charge in [0.25, 0.3) is 0 Å². The molecule has 38 heavy (non-hydrogen) atoms. The molecule has 1 aromatic heterocycles. The molecule has 2 amide bonds. The Kier molecular flexibility index (Phi) is 7.74. The van der Waals surface area contributed by atoms with E-state index in [1.807, 2.05) is 4.90 Å². The second-order valence-corrected chi connectivity index (χ2v) is 9.08. The highest BCUT2D eigenvalue weighted by atomic mass is 19.4. The third kappa shape index (κ3) is 5.97. The Hall–Kier alpha value is -3.90. The largest absolute Gasteiger partial charge is 0.572 e. The maximum absolute atomic E-state index is 13.5. The van der Waals surface area contributed by atoms with Crippen molar-refractivity contribution in [2.45, 2.75) is 31.3 Å². The fourth-order valence-corrected chi connectivity index (χ4v) is 4.50. The minimum absolute atomic E-state index is 0.0152. The van der Waals surface area contributed by atoms with Crippen LogP contribution in [-0.4, -0.2) is 60.4 Å². The molecule has 4 rings (SSSR count). The van der Waals surface area contributed by atoms with Gasteiger partial charge in [0.1, 0.15) is 11.3 Å². The van der Waals surface area contributed by atoms with E-state index >= 15 is 0 Å². The Morgan fingerprint density at radius 1 is 1.13 bits per heavy atom. The van der Waals surface area contributed by atoms with Gasteiger partial charge in [-0.25, -0.2) is 0 Å². The first-order valence-electron chi connectivity index (χ1n) is 11.9. The summed E-state index contributed by atoms with van der Waals surface area (Å²) in [4.78, 5) is 31.9. The number of morpholine rings is 1. The average Bonchev–Trinajstić information content (AvgIpc) is 2.89. The first-order chi connectivity index (χ1) is 18.0. The molecule has 1 saturated heterocycles. The lowest BCUT2D eigenvalue weighted by Gasteiger charge is -2.41. The van der Waals surface area contributed by atoms with Crippen LogP contribution in [0.5, 0.6) is 0 Å². The van der Waals surface area contributed by atoms with Crippen molar-refractivity contribution in [1.29, 1.82) is 0 Å². The lowest BCUT2D eigenvalue weighted by atomic mass is 9.78. The van der Waals surface area contributed by atoms with E-state index < -0.39 is 35.5 Å². The number of nitrogens with zero attached hydrogens (tertiary/aromatic N) is 2. The first kappa shape index (κ1) is 27.1. The topological polar surface area (TPSA) is 133 Å². The van der Waals surface area contributed by atoms with Crippen molar-refractivity contribution >= 4 is 17.5 Å². The molecular weight excluding hydrogens is 503 g/mol. The lowest BCUT2D eigenvalue weighted by Crippen LogP contribution is -2.57. The van der Waals surface area contributed by atoms with E-state index in [-0.39, 0.29) is 17.6 Å². The van der Waals surface area contributed by atoms with Crippen molar-refractivity contribution in [3.63, 3.8) is 0 Å². The van der Waals surface area contributed by atoms with Crippen LogP contribution in [-0.2, 0) is 24.6 Å². The summed E-state index contributed by atoms with van der Waals surface area (Å²) in [5.41, 5.74) is 11.4. The van der Waals surface area contributed by atoms with E-state index in [9.17, 15) is 22.8 Å². The number of nitrogens with two attached hydrogens (primary N) is 2. The molecule has 0 bridgehead atoms. The number of carbonyl (C=O) groups excluding carboxylic acids is 2. The number of ether oxygens (including phenoxy) is 2. The third-order valence-corrected chi connectivity index (χ3v) is 6.63. The molecule has 2 aromatic rings. The number of hydrogen-bond acceptors (Lipinski definition) is 7. The smallest absolute Gasteiger partial charge is 0.407 e. The highest BCUT2D eigenvalue weighted by Gasteiger charge is 2.48. The zero-order chi connectivity index (χ0) is 27.5. The summed E-state index contributed by atoms with van der Waals surface area (Å²) in [5, 5.41) is 2.75. The van der Waals surface area contributed by atoms with Crippen LogP contribution < -0.4 is 16.8 Å². The number of alkyl halides is 3. The van der Waals surface area contributed by atoms with Gasteiger partial charge in [0.15, 0.2) is 0 Å². The number of amides is 2. The molecule has 5 N–H and O–H groups in total. The van der Waals surface area contributed by atoms with Gasteiger partial charge in [-0.2, -0.15) is 0 Å². The fraction of sp³-hybridized carbons (Fsp3) is 0.346. The predicted molar refractivity (Wildman–Crippen MR) is 133 cm³/mol. The normalized spacial score (nSPS) is 21.2. The average molecular weight is 532 g/mol. The van der Waals surface area contributed by atoms with Crippen LogP contribution in [0.1, 0.15) is 18.9 Å². The van der Waals surface area contributed by atoms with Crippen molar-refractivity contribution in [3.05, 3.63) is 71.6 Å². The molecule has 0 spiro atoms. The number of hydrogen-bond donors (Lipinski definition) is 3. The van der Waals surface area contributed by atoms with Crippen LogP contribution >= 0.6 is 0 Å². The predicted octanol–water partition coefficient (Wildman–Crippen LogP) is 2.60. The number of anilines is 1. The lowest BCUT2D eigenvalue weighted by molar-refractivity contribution is -0.310. The SMILES string of the molecule is CC(C(=O)NC1(c2ccc(-c3ccc(N)cc3)nc2)CC(C(N)=O)=CC=C1OC(F)(F)F)N1CCOCC1. The van der Waals surface area contributed by atoms with Crippen LogP contribution in [0.15, 0.2) is 66.1 Å². The second kappa shape index (κ2) is 10.8.